The van der Waals surface area contributed by atoms with E-state index in [2.05, 4.69) is 5.32 Å². The van der Waals surface area contributed by atoms with Crippen molar-refractivity contribution in [3.63, 3.8) is 0 Å². The van der Waals surface area contributed by atoms with Crippen LogP contribution in [0.4, 0.5) is 5.69 Å². The van der Waals surface area contributed by atoms with E-state index in [9.17, 15) is 19.4 Å². The summed E-state index contributed by atoms with van der Waals surface area (Å²) in [6.45, 7) is 2.18. The van der Waals surface area contributed by atoms with Crippen molar-refractivity contribution in [2.75, 3.05) is 31.0 Å². The third kappa shape index (κ3) is 4.98. The van der Waals surface area contributed by atoms with Crippen LogP contribution in [0.1, 0.15) is 48.6 Å². The first-order valence-electron chi connectivity index (χ1n) is 11.3. The number of nitrogens with zero attached hydrogens (tertiary/aromatic N) is 1. The Bertz CT molecular complexity index is 1240. The number of anilines is 1. The summed E-state index contributed by atoms with van der Waals surface area (Å²) in [6.07, 6.45) is 2.69. The van der Waals surface area contributed by atoms with Crippen LogP contribution in [0.3, 0.4) is 0 Å². The van der Waals surface area contributed by atoms with Crippen LogP contribution in [0, 0.1) is 5.92 Å². The molecule has 176 valence electrons. The Morgan fingerprint density at radius 3 is 2.67 bits per heavy atom. The number of hydrogen-bond acceptors (Lipinski definition) is 6. The molecule has 0 saturated heterocycles. The number of fused-ring (bicyclic) bond motifs is 1. The zero-order valence-corrected chi connectivity index (χ0v) is 19.7. The number of rotatable bonds is 9. The third-order valence-electron chi connectivity index (χ3n) is 5.67. The third-order valence-corrected chi connectivity index (χ3v) is 6.46. The Labute approximate surface area is 195 Å². The molecule has 0 bridgehead atoms. The Morgan fingerprint density at radius 1 is 1.27 bits per heavy atom. The minimum Gasteiger partial charge on any atom is -0.493 e. The predicted octanol–water partition coefficient (Wildman–Crippen LogP) is 3.18. The highest BCUT2D eigenvalue weighted by atomic mass is 32.2. The van der Waals surface area contributed by atoms with E-state index in [1.807, 2.05) is 0 Å². The molecule has 2 aromatic rings. The number of benzene rings is 2. The second kappa shape index (κ2) is 9.05. The molecular formula is C24H28N2O6S. The zero-order valence-electron chi connectivity index (χ0n) is 19.9. The number of carbonyl (C=O) groups excluding carboxylic acids is 2. The molecule has 0 spiro atoms. The van der Waals surface area contributed by atoms with E-state index in [0.29, 0.717) is 34.9 Å². The molecule has 4 rings (SSSR count). The van der Waals surface area contributed by atoms with Crippen LogP contribution in [0.5, 0.6) is 11.5 Å². The first-order valence-corrected chi connectivity index (χ1v) is 12.9. The second-order valence-electron chi connectivity index (χ2n) is 8.31. The van der Waals surface area contributed by atoms with Gasteiger partial charge >= 0.3 is 0 Å². The van der Waals surface area contributed by atoms with Gasteiger partial charge in [-0.1, -0.05) is 18.2 Å². The lowest BCUT2D eigenvalue weighted by molar-refractivity contribution is -0.117. The number of ether oxygens (including phenoxy) is 2. The monoisotopic (exact) mass is 473 g/mol. The number of carbonyl (C=O) groups is 2. The Morgan fingerprint density at radius 2 is 2.03 bits per heavy atom. The maximum Gasteiger partial charge on any atom is 0.257 e. The number of hydrogen-bond donors (Lipinski definition) is 1. The summed E-state index contributed by atoms with van der Waals surface area (Å²) in [5.41, 5.74) is 1.59. The minimum atomic E-state index is -3.67. The van der Waals surface area contributed by atoms with Gasteiger partial charge in [-0.2, -0.15) is 0 Å². The molecular weight excluding hydrogens is 444 g/mol. The molecule has 1 aliphatic carbocycles. The first kappa shape index (κ1) is 21.8. The van der Waals surface area contributed by atoms with Crippen molar-refractivity contribution in [3.05, 3.63) is 53.1 Å². The fourth-order valence-corrected chi connectivity index (χ4v) is 4.77. The minimum absolute atomic E-state index is 0.0380. The molecule has 9 heteroatoms. The molecule has 1 atom stereocenters. The van der Waals surface area contributed by atoms with Gasteiger partial charge in [-0.3, -0.25) is 9.59 Å². The van der Waals surface area contributed by atoms with E-state index >= 15 is 0 Å². The predicted molar refractivity (Wildman–Crippen MR) is 124 cm³/mol. The molecule has 0 radical (unpaired) electrons. The van der Waals surface area contributed by atoms with Crippen LogP contribution < -0.4 is 14.8 Å². The topological polar surface area (TPSA) is 102 Å². The van der Waals surface area contributed by atoms with Crippen molar-refractivity contribution in [2.45, 2.75) is 32.3 Å². The summed E-state index contributed by atoms with van der Waals surface area (Å²) in [7, 11) is -2.19. The van der Waals surface area contributed by atoms with E-state index in [0.717, 1.165) is 19.1 Å². The van der Waals surface area contributed by atoms with Crippen LogP contribution in [0.2, 0.25) is 0 Å². The smallest absolute Gasteiger partial charge is 0.257 e. The van der Waals surface area contributed by atoms with Crippen molar-refractivity contribution in [3.8, 4) is 11.5 Å². The lowest BCUT2D eigenvalue weighted by Crippen LogP contribution is -2.34. The van der Waals surface area contributed by atoms with Gasteiger partial charge < -0.3 is 19.7 Å². The van der Waals surface area contributed by atoms with Gasteiger partial charge in [0.05, 0.1) is 38.1 Å². The van der Waals surface area contributed by atoms with E-state index in [1.165, 1.54) is 12.0 Å². The summed E-state index contributed by atoms with van der Waals surface area (Å²) in [5, 5.41) is 2.83. The standard InChI is InChI=1S/C24H28N2O6S/c1-4-32-21-12-16(10-11-20(21)31-2)19(14-33(3,29)30)26-13-17-6-5-7-18(22(17)24(26)28)25-23(27)15-8-9-15/h5-7,10-12,15,19H,4,8-9,13-14H2,1-3H3,(H,25,27)/t19-/m1/s1/i19D. The first-order chi connectivity index (χ1) is 16.1. The average Bonchev–Trinajstić information content (AvgIpc) is 3.56. The van der Waals surface area contributed by atoms with Gasteiger partial charge in [0, 0.05) is 18.7 Å². The fraction of sp³-hybridized carbons (Fsp3) is 0.417. The van der Waals surface area contributed by atoms with E-state index in [4.69, 9.17) is 9.47 Å². The Hall–Kier alpha value is -3.07. The number of nitrogens with one attached hydrogen (secondary N) is 1. The molecule has 0 aromatic heterocycles. The van der Waals surface area contributed by atoms with Crippen LogP contribution >= 0.6 is 0 Å². The fourth-order valence-electron chi connectivity index (χ4n) is 3.95. The number of amides is 2. The molecule has 2 aliphatic rings. The van der Waals surface area contributed by atoms with E-state index in [1.54, 1.807) is 43.3 Å². The van der Waals surface area contributed by atoms with Crippen LogP contribution in [0.25, 0.3) is 0 Å². The number of methoxy groups -OCH3 is 1. The molecule has 2 aromatic carbocycles. The van der Waals surface area contributed by atoms with Crippen molar-refractivity contribution < 1.29 is 28.9 Å². The molecule has 1 saturated carbocycles. The van der Waals surface area contributed by atoms with Gasteiger partial charge in [0.2, 0.25) is 5.91 Å². The maximum absolute atomic E-state index is 13.6. The SMILES string of the molecule is [2H][C@@](CS(C)(=O)=O)(c1ccc(OC)c(OCC)c1)N1Cc2cccc(NC(=O)C3CC3)c2C1=O. The maximum atomic E-state index is 13.6. The highest BCUT2D eigenvalue weighted by molar-refractivity contribution is 7.90. The number of sulfone groups is 1. The zero-order chi connectivity index (χ0) is 24.7. The summed E-state index contributed by atoms with van der Waals surface area (Å²) in [6, 6.07) is 7.93. The van der Waals surface area contributed by atoms with Crippen molar-refractivity contribution in [1.29, 1.82) is 0 Å². The van der Waals surface area contributed by atoms with Gasteiger partial charge in [0.15, 0.2) is 11.5 Å². The molecule has 33 heavy (non-hydrogen) atoms. The summed E-state index contributed by atoms with van der Waals surface area (Å²) in [5.74, 6) is -0.497. The van der Waals surface area contributed by atoms with Gasteiger partial charge in [-0.25, -0.2) is 8.42 Å². The highest BCUT2D eigenvalue weighted by Gasteiger charge is 2.38. The van der Waals surface area contributed by atoms with E-state index in [-0.39, 0.29) is 23.9 Å². The van der Waals surface area contributed by atoms with Crippen molar-refractivity contribution in [2.24, 2.45) is 5.92 Å². The molecule has 1 fully saturated rings. The normalized spacial score (nSPS) is 17.7. The highest BCUT2D eigenvalue weighted by Crippen LogP contribution is 2.39. The van der Waals surface area contributed by atoms with Gasteiger partial charge in [0.25, 0.3) is 5.91 Å². The Balaban J connectivity index is 1.77. The summed E-state index contributed by atoms with van der Waals surface area (Å²) < 4.78 is 45.1. The lowest BCUT2D eigenvalue weighted by atomic mass is 10.1. The van der Waals surface area contributed by atoms with Crippen LogP contribution in [0.15, 0.2) is 36.4 Å². The molecule has 0 unspecified atom stereocenters. The molecule has 8 nitrogen and oxygen atoms in total. The molecule has 1 N–H and O–H groups in total. The average molecular weight is 474 g/mol. The summed E-state index contributed by atoms with van der Waals surface area (Å²) in [4.78, 5) is 27.2. The molecule has 1 aliphatic heterocycles. The quantitative estimate of drug-likeness (QED) is 0.600. The Kier molecular flexibility index (Phi) is 5.97. The summed E-state index contributed by atoms with van der Waals surface area (Å²) >= 11 is 0. The van der Waals surface area contributed by atoms with Gasteiger partial charge in [-0.05, 0) is 49.1 Å². The lowest BCUT2D eigenvalue weighted by Gasteiger charge is -2.28. The van der Waals surface area contributed by atoms with E-state index < -0.39 is 27.5 Å². The second-order valence-corrected chi connectivity index (χ2v) is 10.5. The van der Waals surface area contributed by atoms with Gasteiger partial charge in [0.1, 0.15) is 9.84 Å². The molecule has 1 heterocycles. The van der Waals surface area contributed by atoms with Crippen LogP contribution in [-0.2, 0) is 21.2 Å². The van der Waals surface area contributed by atoms with Gasteiger partial charge in [-0.15, -0.1) is 0 Å². The van der Waals surface area contributed by atoms with Crippen molar-refractivity contribution in [1.82, 2.24) is 4.90 Å². The van der Waals surface area contributed by atoms with Crippen LogP contribution in [-0.4, -0.2) is 50.9 Å². The largest absolute Gasteiger partial charge is 0.493 e. The van der Waals surface area contributed by atoms with Crippen molar-refractivity contribution >= 4 is 27.3 Å². The molecule has 2 amide bonds.